The Balaban J connectivity index is 1.88. The predicted octanol–water partition coefficient (Wildman–Crippen LogP) is 5.00. The minimum atomic E-state index is -0.562. The summed E-state index contributed by atoms with van der Waals surface area (Å²) in [4.78, 5) is 40.7. The van der Waals surface area contributed by atoms with Crippen molar-refractivity contribution in [1.29, 1.82) is 0 Å². The number of rotatable bonds is 3. The SMILES string of the molecule is CC1CCN(c2c(Cl)cccc2/C=C2\SC(=O)CC2=O)CC1N(C)C(=O)OC(C)(C)C. The molecule has 0 N–H and O–H groups in total. The summed E-state index contributed by atoms with van der Waals surface area (Å²) in [5.41, 5.74) is 1.05. The van der Waals surface area contributed by atoms with Crippen molar-refractivity contribution in [2.45, 2.75) is 52.2 Å². The minimum absolute atomic E-state index is 0.0514. The number of Topliss-reactive ketones (excluding diaryl/α,β-unsaturated/α-hetero) is 1. The minimum Gasteiger partial charge on any atom is -0.444 e. The van der Waals surface area contributed by atoms with Crippen LogP contribution in [0.25, 0.3) is 6.08 Å². The summed E-state index contributed by atoms with van der Waals surface area (Å²) in [7, 11) is 1.77. The third-order valence-corrected chi connectivity index (χ3v) is 6.76. The van der Waals surface area contributed by atoms with E-state index in [2.05, 4.69) is 11.8 Å². The molecule has 2 heterocycles. The van der Waals surface area contributed by atoms with E-state index in [-0.39, 0.29) is 29.5 Å². The molecule has 6 nitrogen and oxygen atoms in total. The van der Waals surface area contributed by atoms with E-state index in [1.54, 1.807) is 18.0 Å². The topological polar surface area (TPSA) is 66.9 Å². The molecule has 1 aromatic carbocycles. The fraction of sp³-hybridized carbons (Fsp3) is 0.522. The van der Waals surface area contributed by atoms with Gasteiger partial charge < -0.3 is 14.5 Å². The molecule has 2 saturated heterocycles. The number of hydrogen-bond donors (Lipinski definition) is 0. The first kappa shape index (κ1) is 23.7. The summed E-state index contributed by atoms with van der Waals surface area (Å²) >= 11 is 7.58. The monoisotopic (exact) mass is 464 g/mol. The molecule has 0 spiro atoms. The normalized spacial score (nSPS) is 23.4. The fourth-order valence-corrected chi connectivity index (χ4v) is 5.01. The molecule has 0 aromatic heterocycles. The number of carbonyl (C=O) groups is 3. The smallest absolute Gasteiger partial charge is 0.410 e. The van der Waals surface area contributed by atoms with Gasteiger partial charge in [0.15, 0.2) is 5.78 Å². The summed E-state index contributed by atoms with van der Waals surface area (Å²) in [6.07, 6.45) is 2.23. The van der Waals surface area contributed by atoms with Gasteiger partial charge in [-0.05, 0) is 57.0 Å². The Labute approximate surface area is 192 Å². The number of thioether (sulfide) groups is 1. The number of nitrogens with zero attached hydrogens (tertiary/aromatic N) is 2. The van der Waals surface area contributed by atoms with Crippen LogP contribution in [0.15, 0.2) is 23.1 Å². The summed E-state index contributed by atoms with van der Waals surface area (Å²) in [5, 5.41) is 0.440. The molecule has 2 fully saturated rings. The van der Waals surface area contributed by atoms with Crippen molar-refractivity contribution in [3.05, 3.63) is 33.7 Å². The third kappa shape index (κ3) is 5.63. The molecule has 2 aliphatic rings. The summed E-state index contributed by atoms with van der Waals surface area (Å²) < 4.78 is 5.56. The third-order valence-electron chi connectivity index (χ3n) is 5.52. The Bertz CT molecular complexity index is 925. The quantitative estimate of drug-likeness (QED) is 0.463. The zero-order chi connectivity index (χ0) is 22.9. The summed E-state index contributed by atoms with van der Waals surface area (Å²) in [5.74, 6) is 0.137. The molecule has 3 rings (SSSR count). The lowest BCUT2D eigenvalue weighted by Gasteiger charge is -2.43. The number of anilines is 1. The number of carbonyl (C=O) groups excluding carboxylic acids is 3. The predicted molar refractivity (Wildman–Crippen MR) is 125 cm³/mol. The van der Waals surface area contributed by atoms with E-state index in [1.165, 1.54) is 0 Å². The molecule has 31 heavy (non-hydrogen) atoms. The first-order valence-corrected chi connectivity index (χ1v) is 11.6. The number of likely N-dealkylation sites (N-methyl/N-ethyl adjacent to an activating group) is 1. The van der Waals surface area contributed by atoms with Crippen LogP contribution in [0.3, 0.4) is 0 Å². The molecular weight excluding hydrogens is 436 g/mol. The maximum Gasteiger partial charge on any atom is 0.410 e. The number of halogens is 1. The van der Waals surface area contributed by atoms with Crippen molar-refractivity contribution in [2.24, 2.45) is 5.92 Å². The number of para-hydroxylation sites is 1. The lowest BCUT2D eigenvalue weighted by molar-refractivity contribution is -0.119. The van der Waals surface area contributed by atoms with Crippen molar-refractivity contribution in [3.63, 3.8) is 0 Å². The highest BCUT2D eigenvalue weighted by molar-refractivity contribution is 8.18. The second-order valence-electron chi connectivity index (χ2n) is 9.13. The number of hydrogen-bond acceptors (Lipinski definition) is 6. The van der Waals surface area contributed by atoms with Gasteiger partial charge in [-0.25, -0.2) is 4.79 Å². The second-order valence-corrected chi connectivity index (χ2v) is 10.6. The standard InChI is InChI=1S/C23H29ClN2O4S/c1-14-9-10-26(13-17(14)25(5)22(29)30-23(2,3)4)21-15(7-6-8-16(21)24)11-19-18(27)12-20(28)31-19/h6-8,11,14,17H,9-10,12-13H2,1-5H3/b19-11-. The van der Waals surface area contributed by atoms with Crippen molar-refractivity contribution in [3.8, 4) is 0 Å². The number of ether oxygens (including phenoxy) is 1. The van der Waals surface area contributed by atoms with Gasteiger partial charge in [0.05, 0.1) is 28.1 Å². The fourth-order valence-electron chi connectivity index (χ4n) is 3.89. The Morgan fingerprint density at radius 2 is 2.03 bits per heavy atom. The van der Waals surface area contributed by atoms with Crippen LogP contribution >= 0.6 is 23.4 Å². The van der Waals surface area contributed by atoms with E-state index in [4.69, 9.17) is 16.3 Å². The molecule has 0 bridgehead atoms. The van der Waals surface area contributed by atoms with Gasteiger partial charge in [-0.15, -0.1) is 0 Å². The van der Waals surface area contributed by atoms with Gasteiger partial charge in [0, 0.05) is 25.7 Å². The number of amides is 1. The first-order chi connectivity index (χ1) is 14.5. The van der Waals surface area contributed by atoms with Crippen molar-refractivity contribution >= 4 is 52.1 Å². The van der Waals surface area contributed by atoms with Crippen molar-refractivity contribution in [1.82, 2.24) is 4.90 Å². The van der Waals surface area contributed by atoms with Crippen LogP contribution in [-0.4, -0.2) is 53.7 Å². The summed E-state index contributed by atoms with van der Waals surface area (Å²) in [6.45, 7) is 9.07. The highest BCUT2D eigenvalue weighted by atomic mass is 35.5. The zero-order valence-corrected chi connectivity index (χ0v) is 20.2. The molecular formula is C23H29ClN2O4S. The van der Waals surface area contributed by atoms with Crippen LogP contribution in [0.1, 0.15) is 46.1 Å². The molecule has 1 amide bonds. The van der Waals surface area contributed by atoms with E-state index in [9.17, 15) is 14.4 Å². The van der Waals surface area contributed by atoms with E-state index in [1.807, 2.05) is 39.0 Å². The molecule has 2 aliphatic heterocycles. The highest BCUT2D eigenvalue weighted by Gasteiger charge is 2.35. The maximum absolute atomic E-state index is 12.7. The van der Waals surface area contributed by atoms with E-state index < -0.39 is 5.60 Å². The molecule has 168 valence electrons. The molecule has 2 unspecified atom stereocenters. The van der Waals surface area contributed by atoms with Crippen LogP contribution in [-0.2, 0) is 14.3 Å². The molecule has 0 aliphatic carbocycles. The molecule has 8 heteroatoms. The van der Waals surface area contributed by atoms with Gasteiger partial charge in [-0.2, -0.15) is 0 Å². The van der Waals surface area contributed by atoms with Gasteiger partial charge in [-0.1, -0.05) is 30.7 Å². The van der Waals surface area contributed by atoms with E-state index >= 15 is 0 Å². The zero-order valence-electron chi connectivity index (χ0n) is 18.6. The Morgan fingerprint density at radius 3 is 2.65 bits per heavy atom. The maximum atomic E-state index is 12.7. The van der Waals surface area contributed by atoms with E-state index in [0.717, 1.165) is 36.0 Å². The molecule has 0 radical (unpaired) electrons. The van der Waals surface area contributed by atoms with Gasteiger partial charge in [-0.3, -0.25) is 9.59 Å². The number of allylic oxidation sites excluding steroid dienone is 1. The van der Waals surface area contributed by atoms with Crippen LogP contribution in [0.4, 0.5) is 10.5 Å². The Kier molecular flexibility index (Phi) is 7.06. The lowest BCUT2D eigenvalue weighted by Crippen LogP contribution is -2.53. The van der Waals surface area contributed by atoms with Crippen molar-refractivity contribution in [2.75, 3.05) is 25.0 Å². The van der Waals surface area contributed by atoms with Crippen LogP contribution in [0, 0.1) is 5.92 Å². The second kappa shape index (κ2) is 9.25. The number of benzene rings is 1. The van der Waals surface area contributed by atoms with Crippen LogP contribution in [0.2, 0.25) is 5.02 Å². The molecule has 1 aromatic rings. The first-order valence-electron chi connectivity index (χ1n) is 10.4. The Morgan fingerprint density at radius 1 is 1.32 bits per heavy atom. The molecule has 2 atom stereocenters. The van der Waals surface area contributed by atoms with Gasteiger partial charge >= 0.3 is 6.09 Å². The highest BCUT2D eigenvalue weighted by Crippen LogP contribution is 2.38. The Hall–Kier alpha value is -1.99. The van der Waals surface area contributed by atoms with E-state index in [0.29, 0.717) is 22.4 Å². The van der Waals surface area contributed by atoms with Crippen LogP contribution < -0.4 is 4.90 Å². The lowest BCUT2D eigenvalue weighted by atomic mass is 9.91. The average Bonchev–Trinajstić information content (AvgIpc) is 2.97. The van der Waals surface area contributed by atoms with Crippen molar-refractivity contribution < 1.29 is 19.1 Å². The number of piperidine rings is 1. The largest absolute Gasteiger partial charge is 0.444 e. The number of ketones is 1. The van der Waals surface area contributed by atoms with Gasteiger partial charge in [0.25, 0.3) is 0 Å². The summed E-state index contributed by atoms with van der Waals surface area (Å²) in [6, 6.07) is 5.50. The van der Waals surface area contributed by atoms with Crippen LogP contribution in [0.5, 0.6) is 0 Å². The van der Waals surface area contributed by atoms with Gasteiger partial charge in [0.1, 0.15) is 5.60 Å². The average molecular weight is 465 g/mol. The molecule has 0 saturated carbocycles. The van der Waals surface area contributed by atoms with Gasteiger partial charge in [0.2, 0.25) is 5.12 Å².